The zero-order chi connectivity index (χ0) is 9.94. The van der Waals surface area contributed by atoms with Gasteiger partial charge in [-0.05, 0) is 18.5 Å². The van der Waals surface area contributed by atoms with E-state index in [1.807, 2.05) is 12.2 Å². The maximum atomic E-state index is 5.74. The van der Waals surface area contributed by atoms with Crippen LogP contribution in [0.15, 0.2) is 25.3 Å². The minimum atomic E-state index is -1.07. The lowest BCUT2D eigenvalue weighted by atomic mass is 10.5. The fourth-order valence-electron chi connectivity index (χ4n) is 1.06. The van der Waals surface area contributed by atoms with Gasteiger partial charge in [0, 0.05) is 20.3 Å². The van der Waals surface area contributed by atoms with E-state index in [0.29, 0.717) is 0 Å². The normalized spacial score (nSPS) is 10.3. The molecule has 0 saturated heterocycles. The molecular weight excluding hydrogens is 180 g/mol. The zero-order valence-corrected chi connectivity index (χ0v) is 9.65. The lowest BCUT2D eigenvalue weighted by molar-refractivity contribution is 0.172. The molecule has 2 nitrogen and oxygen atoms in total. The molecule has 0 rings (SSSR count). The molecule has 0 fully saturated rings. The van der Waals surface area contributed by atoms with E-state index in [0.717, 1.165) is 31.7 Å². The molecule has 0 aromatic rings. The topological polar surface area (TPSA) is 18.5 Å². The summed E-state index contributed by atoms with van der Waals surface area (Å²) in [5, 5.41) is 0. The van der Waals surface area contributed by atoms with Crippen LogP contribution in [0, 0.1) is 0 Å². The van der Waals surface area contributed by atoms with E-state index in [-0.39, 0.29) is 0 Å². The van der Waals surface area contributed by atoms with Gasteiger partial charge in [0.25, 0.3) is 0 Å². The van der Waals surface area contributed by atoms with Gasteiger partial charge in [-0.1, -0.05) is 12.2 Å². The van der Waals surface area contributed by atoms with Crippen molar-refractivity contribution in [2.24, 2.45) is 0 Å². The summed E-state index contributed by atoms with van der Waals surface area (Å²) in [7, 11) is 0.643. The summed E-state index contributed by atoms with van der Waals surface area (Å²) in [5.74, 6) is 0. The molecule has 3 heteroatoms. The van der Waals surface area contributed by atoms with E-state index >= 15 is 0 Å². The van der Waals surface area contributed by atoms with Crippen molar-refractivity contribution in [1.29, 1.82) is 0 Å². The Labute approximate surface area is 83.0 Å². The van der Waals surface area contributed by atoms with Gasteiger partial charge in [-0.15, -0.1) is 13.2 Å². The van der Waals surface area contributed by atoms with E-state index in [2.05, 4.69) is 13.2 Å². The van der Waals surface area contributed by atoms with Crippen LogP contribution in [0.1, 0.15) is 6.42 Å². The predicted molar refractivity (Wildman–Crippen MR) is 59.6 cm³/mol. The number of allylic oxidation sites excluding steroid dienone is 2. The molecule has 0 aromatic carbocycles. The summed E-state index contributed by atoms with van der Waals surface area (Å²) in [4.78, 5) is 0. The molecule has 0 aromatic heterocycles. The van der Waals surface area contributed by atoms with Crippen LogP contribution in [-0.4, -0.2) is 29.4 Å². The highest BCUT2D eigenvalue weighted by atomic mass is 28.3. The fraction of sp³-hybridized carbons (Fsp3) is 0.600. The van der Waals surface area contributed by atoms with Crippen molar-refractivity contribution < 1.29 is 9.16 Å². The van der Waals surface area contributed by atoms with Gasteiger partial charge in [-0.3, -0.25) is 0 Å². The Balaban J connectivity index is 3.43. The van der Waals surface area contributed by atoms with Gasteiger partial charge >= 0.3 is 0 Å². The van der Waals surface area contributed by atoms with Crippen molar-refractivity contribution in [2.45, 2.75) is 18.5 Å². The Morgan fingerprint density at radius 2 is 1.77 bits per heavy atom. The summed E-state index contributed by atoms with van der Waals surface area (Å²) < 4.78 is 10.7. The van der Waals surface area contributed by atoms with Crippen LogP contribution in [0.3, 0.4) is 0 Å². The summed E-state index contributed by atoms with van der Waals surface area (Å²) in [6, 6.07) is 2.05. The molecular formula is C10H20O2Si. The Morgan fingerprint density at radius 1 is 1.15 bits per heavy atom. The number of hydrogen-bond donors (Lipinski definition) is 0. The largest absolute Gasteiger partial charge is 0.419 e. The van der Waals surface area contributed by atoms with Crippen molar-refractivity contribution in [3.63, 3.8) is 0 Å². The highest BCUT2D eigenvalue weighted by molar-refractivity contribution is 6.52. The van der Waals surface area contributed by atoms with Crippen molar-refractivity contribution in [3.05, 3.63) is 25.3 Å². The summed E-state index contributed by atoms with van der Waals surface area (Å²) in [5.41, 5.74) is 0. The molecule has 0 aliphatic carbocycles. The zero-order valence-electron chi connectivity index (χ0n) is 8.50. The second-order valence-corrected chi connectivity index (χ2v) is 5.41. The van der Waals surface area contributed by atoms with Gasteiger partial charge in [-0.2, -0.15) is 0 Å². The summed E-state index contributed by atoms with van der Waals surface area (Å²) in [6.45, 7) is 9.04. The standard InChI is InChI=1S/C10H20O2Si/c1-4-9-13(10-5-2)12-8-6-7-11-3/h4-5,13H,1-2,6-10H2,3H3. The second-order valence-electron chi connectivity index (χ2n) is 2.89. The number of ether oxygens (including phenoxy) is 1. The fourth-order valence-corrected chi connectivity index (χ4v) is 2.77. The first-order valence-corrected chi connectivity index (χ1v) is 6.78. The van der Waals surface area contributed by atoms with E-state index in [1.165, 1.54) is 0 Å². The quantitative estimate of drug-likeness (QED) is 0.322. The van der Waals surface area contributed by atoms with Crippen LogP contribution < -0.4 is 0 Å². The molecule has 0 saturated carbocycles. The molecule has 0 N–H and O–H groups in total. The number of hydrogen-bond acceptors (Lipinski definition) is 2. The minimum absolute atomic E-state index is 0.781. The average Bonchev–Trinajstić information content (AvgIpc) is 2.13. The van der Waals surface area contributed by atoms with Crippen LogP contribution in [0.5, 0.6) is 0 Å². The monoisotopic (exact) mass is 200 g/mol. The van der Waals surface area contributed by atoms with Crippen LogP contribution >= 0.6 is 0 Å². The maximum Gasteiger partial charge on any atom is 0.184 e. The Kier molecular flexibility index (Phi) is 9.42. The molecule has 0 amide bonds. The molecule has 0 unspecified atom stereocenters. The third-order valence-corrected chi connectivity index (χ3v) is 4.13. The molecule has 0 spiro atoms. The summed E-state index contributed by atoms with van der Waals surface area (Å²) >= 11 is 0. The van der Waals surface area contributed by atoms with E-state index in [1.54, 1.807) is 7.11 Å². The Morgan fingerprint density at radius 3 is 2.23 bits per heavy atom. The first-order chi connectivity index (χ1) is 6.35. The molecule has 76 valence electrons. The van der Waals surface area contributed by atoms with E-state index in [9.17, 15) is 0 Å². The Bertz CT molecular complexity index is 127. The van der Waals surface area contributed by atoms with Gasteiger partial charge in [0.1, 0.15) is 0 Å². The lowest BCUT2D eigenvalue weighted by Crippen LogP contribution is -2.17. The van der Waals surface area contributed by atoms with E-state index in [4.69, 9.17) is 9.16 Å². The van der Waals surface area contributed by atoms with Gasteiger partial charge < -0.3 is 9.16 Å². The maximum absolute atomic E-state index is 5.74. The number of rotatable bonds is 9. The molecule has 0 atom stereocenters. The van der Waals surface area contributed by atoms with Crippen molar-refractivity contribution in [2.75, 3.05) is 20.3 Å². The highest BCUT2D eigenvalue weighted by Gasteiger charge is 2.06. The van der Waals surface area contributed by atoms with Gasteiger partial charge in [0.05, 0.1) is 0 Å². The smallest absolute Gasteiger partial charge is 0.184 e. The molecule has 0 heterocycles. The van der Waals surface area contributed by atoms with Crippen molar-refractivity contribution in [3.8, 4) is 0 Å². The van der Waals surface area contributed by atoms with Crippen LogP contribution in [0.25, 0.3) is 0 Å². The van der Waals surface area contributed by atoms with Gasteiger partial charge in [-0.25, -0.2) is 0 Å². The number of methoxy groups -OCH3 is 1. The lowest BCUT2D eigenvalue weighted by Gasteiger charge is -2.12. The van der Waals surface area contributed by atoms with Gasteiger partial charge in [0.2, 0.25) is 0 Å². The third-order valence-electron chi connectivity index (χ3n) is 1.71. The Hall–Kier alpha value is -0.383. The molecule has 0 bridgehead atoms. The second kappa shape index (κ2) is 9.70. The predicted octanol–water partition coefficient (Wildman–Crippen LogP) is 2.14. The van der Waals surface area contributed by atoms with E-state index < -0.39 is 9.04 Å². The van der Waals surface area contributed by atoms with Crippen LogP contribution in [0.4, 0.5) is 0 Å². The van der Waals surface area contributed by atoms with Crippen LogP contribution in [-0.2, 0) is 9.16 Å². The SMILES string of the molecule is C=CC[SiH](CC=C)OCCCOC. The van der Waals surface area contributed by atoms with Crippen molar-refractivity contribution >= 4 is 9.04 Å². The average molecular weight is 200 g/mol. The van der Waals surface area contributed by atoms with Crippen molar-refractivity contribution in [1.82, 2.24) is 0 Å². The molecule has 13 heavy (non-hydrogen) atoms. The molecule has 0 aliphatic heterocycles. The molecule has 0 radical (unpaired) electrons. The highest BCUT2D eigenvalue weighted by Crippen LogP contribution is 2.03. The van der Waals surface area contributed by atoms with Crippen LogP contribution in [0.2, 0.25) is 12.1 Å². The first-order valence-electron chi connectivity index (χ1n) is 4.67. The first kappa shape index (κ1) is 12.6. The molecule has 0 aliphatic rings. The third kappa shape index (κ3) is 7.96. The minimum Gasteiger partial charge on any atom is -0.419 e. The van der Waals surface area contributed by atoms with Gasteiger partial charge in [0.15, 0.2) is 9.04 Å². The summed E-state index contributed by atoms with van der Waals surface area (Å²) in [6.07, 6.45) is 4.86.